The third-order valence-electron chi connectivity index (χ3n) is 5.76. The summed E-state index contributed by atoms with van der Waals surface area (Å²) in [5.74, 6) is 1.18. The number of hydrogen-bond acceptors (Lipinski definition) is 6. The Bertz CT molecular complexity index is 1280. The molecule has 0 fully saturated rings. The van der Waals surface area contributed by atoms with Gasteiger partial charge in [-0.05, 0) is 55.2 Å². The number of nitrogens with one attached hydrogen (secondary N) is 1. The van der Waals surface area contributed by atoms with Gasteiger partial charge in [-0.15, -0.1) is 10.2 Å². The Balaban J connectivity index is 1.74. The zero-order valence-electron chi connectivity index (χ0n) is 20.4. The van der Waals surface area contributed by atoms with Gasteiger partial charge in [-0.2, -0.15) is 0 Å². The smallest absolute Gasteiger partial charge is 0.237 e. The summed E-state index contributed by atoms with van der Waals surface area (Å²) in [6, 6.07) is 17.6. The Hall–Kier alpha value is -3.65. The average molecular weight is 488 g/mol. The van der Waals surface area contributed by atoms with Crippen molar-refractivity contribution < 1.29 is 9.53 Å². The van der Waals surface area contributed by atoms with Crippen LogP contribution >= 0.6 is 11.8 Å². The first kappa shape index (κ1) is 24.5. The van der Waals surface area contributed by atoms with Gasteiger partial charge in [-0.3, -0.25) is 14.3 Å². The number of aromatic nitrogens is 4. The molecule has 2 aromatic heterocycles. The van der Waals surface area contributed by atoms with Gasteiger partial charge in [0.25, 0.3) is 0 Å². The second-order valence-corrected chi connectivity index (χ2v) is 9.27. The number of para-hydroxylation sites is 3. The molecule has 1 amide bonds. The maximum Gasteiger partial charge on any atom is 0.237 e. The predicted octanol–water partition coefficient (Wildman–Crippen LogP) is 5.58. The minimum absolute atomic E-state index is 0.142. The molecule has 0 saturated carbocycles. The SMILES string of the molecule is CCc1cccc(CC)c1-n1c(SC(C)C(=O)Nc2ccccc2OC)nnc1-c1cccnc1. The number of anilines is 1. The number of pyridine rings is 1. The van der Waals surface area contributed by atoms with E-state index < -0.39 is 5.25 Å². The van der Waals surface area contributed by atoms with Crippen molar-refractivity contribution in [1.29, 1.82) is 0 Å². The van der Waals surface area contributed by atoms with Crippen LogP contribution in [-0.2, 0) is 17.6 Å². The molecule has 1 atom stereocenters. The fourth-order valence-electron chi connectivity index (χ4n) is 3.93. The van der Waals surface area contributed by atoms with E-state index in [1.807, 2.05) is 43.3 Å². The first-order valence-corrected chi connectivity index (χ1v) is 12.5. The van der Waals surface area contributed by atoms with Crippen LogP contribution in [0.5, 0.6) is 5.75 Å². The van der Waals surface area contributed by atoms with Crippen molar-refractivity contribution in [2.45, 2.75) is 44.0 Å². The number of ether oxygens (including phenoxy) is 1. The van der Waals surface area contributed by atoms with E-state index in [1.54, 1.807) is 19.5 Å². The molecule has 2 heterocycles. The molecule has 0 aliphatic carbocycles. The van der Waals surface area contributed by atoms with E-state index in [1.165, 1.54) is 22.9 Å². The maximum absolute atomic E-state index is 13.1. The standard InChI is InChI=1S/C27H29N5O2S/c1-5-19-11-9-12-20(6-2)24(19)32-25(21-13-10-16-28-17-21)30-31-27(32)35-18(3)26(33)29-22-14-7-8-15-23(22)34-4/h7-18H,5-6H2,1-4H3,(H,29,33). The topological polar surface area (TPSA) is 81.9 Å². The molecule has 7 nitrogen and oxygen atoms in total. The number of carbonyl (C=O) groups excluding carboxylic acids is 1. The van der Waals surface area contributed by atoms with Crippen molar-refractivity contribution in [3.63, 3.8) is 0 Å². The van der Waals surface area contributed by atoms with Crippen LogP contribution < -0.4 is 10.1 Å². The Kier molecular flexibility index (Phi) is 7.82. The highest BCUT2D eigenvalue weighted by Gasteiger charge is 2.24. The zero-order valence-corrected chi connectivity index (χ0v) is 21.2. The van der Waals surface area contributed by atoms with Crippen molar-refractivity contribution >= 4 is 23.4 Å². The van der Waals surface area contributed by atoms with Crippen LogP contribution in [0.3, 0.4) is 0 Å². The van der Waals surface area contributed by atoms with Crippen LogP contribution in [-0.4, -0.2) is 38.0 Å². The quantitative estimate of drug-likeness (QED) is 0.310. The molecule has 2 aromatic carbocycles. The molecule has 1 N–H and O–H groups in total. The zero-order chi connectivity index (χ0) is 24.8. The number of rotatable bonds is 9. The average Bonchev–Trinajstić information content (AvgIpc) is 3.31. The third-order valence-corrected chi connectivity index (χ3v) is 6.80. The molecule has 0 radical (unpaired) electrons. The van der Waals surface area contributed by atoms with Crippen molar-refractivity contribution in [3.05, 3.63) is 78.1 Å². The lowest BCUT2D eigenvalue weighted by molar-refractivity contribution is -0.115. The summed E-state index contributed by atoms with van der Waals surface area (Å²) in [6.45, 7) is 6.15. The van der Waals surface area contributed by atoms with Gasteiger partial charge in [0, 0.05) is 18.0 Å². The summed E-state index contributed by atoms with van der Waals surface area (Å²) in [7, 11) is 1.59. The first-order chi connectivity index (χ1) is 17.1. The van der Waals surface area contributed by atoms with Crippen LogP contribution in [0.1, 0.15) is 31.9 Å². The molecule has 180 valence electrons. The molecular weight excluding hydrogens is 458 g/mol. The number of benzene rings is 2. The lowest BCUT2D eigenvalue weighted by Gasteiger charge is -2.19. The van der Waals surface area contributed by atoms with Gasteiger partial charge in [0.05, 0.1) is 23.7 Å². The molecule has 4 rings (SSSR count). The van der Waals surface area contributed by atoms with E-state index >= 15 is 0 Å². The monoisotopic (exact) mass is 487 g/mol. The number of nitrogens with zero attached hydrogens (tertiary/aromatic N) is 4. The molecule has 0 aliphatic rings. The van der Waals surface area contributed by atoms with Gasteiger partial charge >= 0.3 is 0 Å². The van der Waals surface area contributed by atoms with Crippen LogP contribution in [0.25, 0.3) is 17.1 Å². The van der Waals surface area contributed by atoms with E-state index in [2.05, 4.69) is 57.1 Å². The van der Waals surface area contributed by atoms with E-state index in [9.17, 15) is 4.79 Å². The Morgan fingerprint density at radius 2 is 1.77 bits per heavy atom. The van der Waals surface area contributed by atoms with Crippen molar-refractivity contribution in [2.24, 2.45) is 0 Å². The Labute approximate surface area is 210 Å². The molecule has 0 aliphatic heterocycles. The molecule has 0 saturated heterocycles. The molecule has 0 bridgehead atoms. The summed E-state index contributed by atoms with van der Waals surface area (Å²) in [6.07, 6.45) is 5.25. The summed E-state index contributed by atoms with van der Waals surface area (Å²) >= 11 is 1.38. The minimum Gasteiger partial charge on any atom is -0.495 e. The number of methoxy groups -OCH3 is 1. The van der Waals surface area contributed by atoms with Crippen molar-refractivity contribution in [1.82, 2.24) is 19.7 Å². The predicted molar refractivity (Wildman–Crippen MR) is 140 cm³/mol. The van der Waals surface area contributed by atoms with Gasteiger partial charge in [0.15, 0.2) is 11.0 Å². The number of thioether (sulfide) groups is 1. The molecule has 1 unspecified atom stereocenters. The molecule has 0 spiro atoms. The molecule has 8 heteroatoms. The van der Waals surface area contributed by atoms with Gasteiger partial charge in [0.1, 0.15) is 5.75 Å². The summed E-state index contributed by atoms with van der Waals surface area (Å²) < 4.78 is 7.45. The highest BCUT2D eigenvalue weighted by molar-refractivity contribution is 8.00. The van der Waals surface area contributed by atoms with Gasteiger partial charge in [-0.1, -0.05) is 55.9 Å². The third kappa shape index (κ3) is 5.22. The lowest BCUT2D eigenvalue weighted by atomic mass is 10.0. The second-order valence-electron chi connectivity index (χ2n) is 7.96. The molecule has 35 heavy (non-hydrogen) atoms. The summed E-state index contributed by atoms with van der Waals surface area (Å²) in [4.78, 5) is 17.4. The van der Waals surface area contributed by atoms with E-state index in [-0.39, 0.29) is 5.91 Å². The lowest BCUT2D eigenvalue weighted by Crippen LogP contribution is -2.23. The Morgan fingerprint density at radius 1 is 1.03 bits per heavy atom. The van der Waals surface area contributed by atoms with Crippen LogP contribution in [0.4, 0.5) is 5.69 Å². The second kappa shape index (κ2) is 11.2. The highest BCUT2D eigenvalue weighted by atomic mass is 32.2. The maximum atomic E-state index is 13.1. The summed E-state index contributed by atoms with van der Waals surface area (Å²) in [5, 5.41) is 12.3. The van der Waals surface area contributed by atoms with Crippen molar-refractivity contribution in [2.75, 3.05) is 12.4 Å². The largest absolute Gasteiger partial charge is 0.495 e. The number of hydrogen-bond donors (Lipinski definition) is 1. The highest BCUT2D eigenvalue weighted by Crippen LogP contribution is 2.34. The Morgan fingerprint density at radius 3 is 2.43 bits per heavy atom. The van der Waals surface area contributed by atoms with Crippen LogP contribution in [0.15, 0.2) is 72.1 Å². The molecular formula is C27H29N5O2S. The van der Waals surface area contributed by atoms with E-state index in [4.69, 9.17) is 4.74 Å². The van der Waals surface area contributed by atoms with Crippen molar-refractivity contribution in [3.8, 4) is 22.8 Å². The number of aryl methyl sites for hydroxylation is 2. The first-order valence-electron chi connectivity index (χ1n) is 11.6. The van der Waals surface area contributed by atoms with E-state index in [0.717, 1.165) is 24.1 Å². The normalized spacial score (nSPS) is 11.8. The minimum atomic E-state index is -0.427. The number of amides is 1. The fourth-order valence-corrected chi connectivity index (χ4v) is 4.78. The van der Waals surface area contributed by atoms with E-state index in [0.29, 0.717) is 22.4 Å². The van der Waals surface area contributed by atoms with Gasteiger partial charge in [-0.25, -0.2) is 0 Å². The van der Waals surface area contributed by atoms with Gasteiger partial charge in [0.2, 0.25) is 5.91 Å². The summed E-state index contributed by atoms with van der Waals surface area (Å²) in [5.41, 5.74) is 4.96. The van der Waals surface area contributed by atoms with Gasteiger partial charge < -0.3 is 10.1 Å². The van der Waals surface area contributed by atoms with Crippen LogP contribution in [0.2, 0.25) is 0 Å². The number of carbonyl (C=O) groups is 1. The van der Waals surface area contributed by atoms with Crippen LogP contribution in [0, 0.1) is 0 Å². The molecule has 4 aromatic rings. The fraction of sp³-hybridized carbons (Fsp3) is 0.259.